The van der Waals surface area contributed by atoms with Crippen LogP contribution in [0.1, 0.15) is 39.2 Å². The van der Waals surface area contributed by atoms with Gasteiger partial charge in [-0.05, 0) is 45.2 Å². The molecule has 2 heterocycles. The van der Waals surface area contributed by atoms with Crippen LogP contribution in [-0.2, 0) is 14.9 Å². The van der Waals surface area contributed by atoms with Gasteiger partial charge < -0.3 is 15.0 Å². The van der Waals surface area contributed by atoms with Crippen LogP contribution in [0.2, 0.25) is 0 Å². The fraction of sp³-hybridized carbons (Fsp3) is 0.500. The lowest BCUT2D eigenvalue weighted by atomic mass is 9.73. The Morgan fingerprint density at radius 3 is 2.58 bits per heavy atom. The quantitative estimate of drug-likeness (QED) is 0.742. The Kier molecular flexibility index (Phi) is 3.75. The van der Waals surface area contributed by atoms with Gasteiger partial charge in [-0.1, -0.05) is 12.1 Å². The van der Waals surface area contributed by atoms with Crippen LogP contribution in [0.15, 0.2) is 18.2 Å². The summed E-state index contributed by atoms with van der Waals surface area (Å²) >= 11 is 0. The van der Waals surface area contributed by atoms with E-state index in [-0.39, 0.29) is 12.0 Å². The second-order valence-corrected chi connectivity index (χ2v) is 7.35. The van der Waals surface area contributed by atoms with Gasteiger partial charge in [0.25, 0.3) is 0 Å². The molecule has 0 unspecified atom stereocenters. The first-order chi connectivity index (χ1) is 11.2. The summed E-state index contributed by atoms with van der Waals surface area (Å²) in [6, 6.07) is 5.29. The standard InChI is InChI=1S/C18H21N3O3/c1-17(2,3)24-16(23)21-9-7-18(8-10-21)13-11-12(19-4)5-6-14(13)20-15(18)22/h5-6,11H,7-10H2,1-3H3,(H,20,22). The van der Waals surface area contributed by atoms with Gasteiger partial charge in [0, 0.05) is 18.8 Å². The van der Waals surface area contributed by atoms with E-state index in [0.717, 1.165) is 11.3 Å². The van der Waals surface area contributed by atoms with Gasteiger partial charge in [0.1, 0.15) is 5.60 Å². The molecule has 2 aliphatic rings. The SMILES string of the molecule is [C-]#[N+]c1ccc2c(c1)C1(CCN(C(=O)OC(C)(C)C)CC1)C(=O)N2. The molecular formula is C18H21N3O3. The minimum absolute atomic E-state index is 0.0385. The maximum atomic E-state index is 12.6. The van der Waals surface area contributed by atoms with Crippen LogP contribution in [0.3, 0.4) is 0 Å². The number of fused-ring (bicyclic) bond motifs is 2. The molecule has 0 aromatic heterocycles. The van der Waals surface area contributed by atoms with Gasteiger partial charge in [0.05, 0.1) is 12.0 Å². The number of anilines is 1. The zero-order valence-corrected chi connectivity index (χ0v) is 14.2. The highest BCUT2D eigenvalue weighted by atomic mass is 16.6. The average Bonchev–Trinajstić information content (AvgIpc) is 2.78. The van der Waals surface area contributed by atoms with Gasteiger partial charge >= 0.3 is 6.09 Å². The van der Waals surface area contributed by atoms with E-state index in [4.69, 9.17) is 11.3 Å². The number of rotatable bonds is 0. The molecule has 0 bridgehead atoms. The van der Waals surface area contributed by atoms with E-state index < -0.39 is 11.0 Å². The summed E-state index contributed by atoms with van der Waals surface area (Å²) in [6.07, 6.45) is 0.727. The van der Waals surface area contributed by atoms with Crippen molar-refractivity contribution in [3.63, 3.8) is 0 Å². The Hall–Kier alpha value is -2.55. The maximum absolute atomic E-state index is 12.6. The molecule has 1 N–H and O–H groups in total. The summed E-state index contributed by atoms with van der Waals surface area (Å²) in [7, 11) is 0. The molecular weight excluding hydrogens is 306 g/mol. The Balaban J connectivity index is 1.80. The van der Waals surface area contributed by atoms with Crippen LogP contribution >= 0.6 is 0 Å². The number of hydrogen-bond acceptors (Lipinski definition) is 3. The summed E-state index contributed by atoms with van der Waals surface area (Å²) < 4.78 is 5.41. The first-order valence-electron chi connectivity index (χ1n) is 8.06. The van der Waals surface area contributed by atoms with E-state index in [1.807, 2.05) is 20.8 Å². The van der Waals surface area contributed by atoms with E-state index in [1.54, 1.807) is 23.1 Å². The molecule has 0 saturated carbocycles. The van der Waals surface area contributed by atoms with Crippen molar-refractivity contribution in [2.45, 2.75) is 44.6 Å². The normalized spacial score (nSPS) is 18.8. The fourth-order valence-electron chi connectivity index (χ4n) is 3.36. The molecule has 0 radical (unpaired) electrons. The molecule has 1 spiro atoms. The largest absolute Gasteiger partial charge is 0.444 e. The lowest BCUT2D eigenvalue weighted by Crippen LogP contribution is -2.49. The Morgan fingerprint density at radius 2 is 2.00 bits per heavy atom. The van der Waals surface area contributed by atoms with Gasteiger partial charge in [-0.25, -0.2) is 9.64 Å². The molecule has 6 heteroatoms. The van der Waals surface area contributed by atoms with E-state index in [2.05, 4.69) is 10.2 Å². The number of carbonyl (C=O) groups excluding carboxylic acids is 2. The monoisotopic (exact) mass is 327 g/mol. The molecule has 2 aliphatic heterocycles. The van der Waals surface area contributed by atoms with Crippen molar-refractivity contribution in [1.82, 2.24) is 4.90 Å². The smallest absolute Gasteiger partial charge is 0.410 e. The van der Waals surface area contributed by atoms with E-state index >= 15 is 0 Å². The van der Waals surface area contributed by atoms with Crippen molar-refractivity contribution in [2.75, 3.05) is 18.4 Å². The molecule has 6 nitrogen and oxygen atoms in total. The molecule has 126 valence electrons. The molecule has 1 fully saturated rings. The van der Waals surface area contributed by atoms with Crippen molar-refractivity contribution in [2.24, 2.45) is 0 Å². The Labute approximate surface area is 141 Å². The lowest BCUT2D eigenvalue weighted by Gasteiger charge is -2.38. The number of likely N-dealkylation sites (tertiary alicyclic amines) is 1. The summed E-state index contributed by atoms with van der Waals surface area (Å²) in [6.45, 7) is 13.6. The third-order valence-corrected chi connectivity index (χ3v) is 4.60. The van der Waals surface area contributed by atoms with Crippen LogP contribution in [0.4, 0.5) is 16.2 Å². The minimum Gasteiger partial charge on any atom is -0.444 e. The zero-order chi connectivity index (χ0) is 17.5. The van der Waals surface area contributed by atoms with Crippen molar-refractivity contribution in [3.05, 3.63) is 35.2 Å². The Bertz CT molecular complexity index is 735. The van der Waals surface area contributed by atoms with E-state index in [1.165, 1.54) is 0 Å². The van der Waals surface area contributed by atoms with E-state index in [0.29, 0.717) is 31.6 Å². The van der Waals surface area contributed by atoms with Crippen LogP contribution < -0.4 is 5.32 Å². The van der Waals surface area contributed by atoms with Crippen molar-refractivity contribution >= 4 is 23.4 Å². The van der Waals surface area contributed by atoms with Gasteiger partial charge in [0.2, 0.25) is 5.91 Å². The summed E-state index contributed by atoms with van der Waals surface area (Å²) in [5.41, 5.74) is 1.00. The predicted molar refractivity (Wildman–Crippen MR) is 90.1 cm³/mol. The first-order valence-corrected chi connectivity index (χ1v) is 8.06. The van der Waals surface area contributed by atoms with Crippen molar-refractivity contribution in [3.8, 4) is 0 Å². The van der Waals surface area contributed by atoms with Gasteiger partial charge in [0.15, 0.2) is 5.69 Å². The lowest BCUT2D eigenvalue weighted by molar-refractivity contribution is -0.122. The predicted octanol–water partition coefficient (Wildman–Crippen LogP) is 3.46. The van der Waals surface area contributed by atoms with Crippen LogP contribution in [-0.4, -0.2) is 35.6 Å². The summed E-state index contributed by atoms with van der Waals surface area (Å²) in [5, 5.41) is 2.92. The molecule has 1 saturated heterocycles. The third-order valence-electron chi connectivity index (χ3n) is 4.60. The summed E-state index contributed by atoms with van der Waals surface area (Å²) in [5.74, 6) is -0.0385. The molecule has 2 amide bonds. The van der Waals surface area contributed by atoms with Gasteiger partial charge in [-0.3, -0.25) is 4.79 Å². The summed E-state index contributed by atoms with van der Waals surface area (Å²) in [4.78, 5) is 29.9. The topological polar surface area (TPSA) is 63.0 Å². The number of ether oxygens (including phenoxy) is 1. The number of carbonyl (C=O) groups is 2. The van der Waals surface area contributed by atoms with Crippen molar-refractivity contribution in [1.29, 1.82) is 0 Å². The number of nitrogens with zero attached hydrogens (tertiary/aromatic N) is 2. The van der Waals surface area contributed by atoms with Gasteiger partial charge in [-0.15, -0.1) is 0 Å². The maximum Gasteiger partial charge on any atom is 0.410 e. The fourth-order valence-corrected chi connectivity index (χ4v) is 3.36. The number of amides is 2. The molecule has 0 atom stereocenters. The average molecular weight is 327 g/mol. The minimum atomic E-state index is -0.644. The van der Waals surface area contributed by atoms with Crippen molar-refractivity contribution < 1.29 is 14.3 Å². The molecule has 1 aromatic carbocycles. The zero-order valence-electron chi connectivity index (χ0n) is 14.2. The van der Waals surface area contributed by atoms with E-state index in [9.17, 15) is 9.59 Å². The van der Waals surface area contributed by atoms with Crippen LogP contribution in [0.25, 0.3) is 4.85 Å². The number of hydrogen-bond donors (Lipinski definition) is 1. The molecule has 1 aromatic rings. The third kappa shape index (κ3) is 2.71. The second kappa shape index (κ2) is 5.52. The highest BCUT2D eigenvalue weighted by Crippen LogP contribution is 2.46. The number of benzene rings is 1. The highest BCUT2D eigenvalue weighted by Gasteiger charge is 2.49. The first kappa shape index (κ1) is 16.3. The van der Waals surface area contributed by atoms with Gasteiger partial charge in [-0.2, -0.15) is 0 Å². The molecule has 0 aliphatic carbocycles. The molecule has 24 heavy (non-hydrogen) atoms. The number of piperidine rings is 1. The number of nitrogens with one attached hydrogen (secondary N) is 1. The van der Waals surface area contributed by atoms with Crippen LogP contribution in [0.5, 0.6) is 0 Å². The van der Waals surface area contributed by atoms with Crippen LogP contribution in [0, 0.1) is 6.57 Å². The Morgan fingerprint density at radius 1 is 1.33 bits per heavy atom. The second-order valence-electron chi connectivity index (χ2n) is 7.35. The molecule has 3 rings (SSSR count). The highest BCUT2D eigenvalue weighted by molar-refractivity contribution is 6.06.